The molecule has 6 heteroatoms. The summed E-state index contributed by atoms with van der Waals surface area (Å²) in [5.74, 6) is -3.72. The number of ether oxygens (including phenoxy) is 1. The lowest BCUT2D eigenvalue weighted by Gasteiger charge is -2.15. The van der Waals surface area contributed by atoms with Crippen LogP contribution in [-0.4, -0.2) is 23.6 Å². The molecule has 1 aromatic rings. The van der Waals surface area contributed by atoms with E-state index < -0.39 is 17.7 Å². The number of allylic oxidation sites excluding steroid dienone is 1. The van der Waals surface area contributed by atoms with Gasteiger partial charge in [0.25, 0.3) is 5.92 Å². The van der Waals surface area contributed by atoms with Crippen LogP contribution in [0.25, 0.3) is 0 Å². The summed E-state index contributed by atoms with van der Waals surface area (Å²) in [5.41, 5.74) is 1.79. The van der Waals surface area contributed by atoms with Gasteiger partial charge in [0.15, 0.2) is 0 Å². The number of aryl methyl sites for hydroxylation is 1. The predicted molar refractivity (Wildman–Crippen MR) is 91.0 cm³/mol. The molecule has 1 saturated carbocycles. The van der Waals surface area contributed by atoms with Crippen molar-refractivity contribution in [3.63, 3.8) is 0 Å². The number of alkyl halides is 2. The number of aliphatic carboxylic acids is 1. The van der Waals surface area contributed by atoms with Gasteiger partial charge in [-0.1, -0.05) is 24.5 Å². The first-order chi connectivity index (χ1) is 12.3. The maximum Gasteiger partial charge on any atom is 0.303 e. The zero-order chi connectivity index (χ0) is 18.7. The van der Waals surface area contributed by atoms with E-state index in [1.807, 2.05) is 0 Å². The second-order valence-electron chi connectivity index (χ2n) is 7.26. The molecular weight excluding hydrogens is 345 g/mol. The summed E-state index contributed by atoms with van der Waals surface area (Å²) in [5, 5.41) is 8.67. The Bertz CT molecular complexity index is 706. The van der Waals surface area contributed by atoms with Crippen LogP contribution in [-0.2, 0) is 11.2 Å². The first kappa shape index (κ1) is 18.8. The molecule has 3 rings (SSSR count). The van der Waals surface area contributed by atoms with Crippen molar-refractivity contribution in [2.75, 3.05) is 6.61 Å². The quantitative estimate of drug-likeness (QED) is 0.678. The molecule has 1 fully saturated rings. The zero-order valence-corrected chi connectivity index (χ0v) is 14.6. The summed E-state index contributed by atoms with van der Waals surface area (Å²) in [6, 6.07) is 4.24. The number of hydrogen-bond acceptors (Lipinski definition) is 2. The number of carboxylic acids is 1. The van der Waals surface area contributed by atoms with E-state index in [1.54, 1.807) is 6.07 Å². The lowest BCUT2D eigenvalue weighted by Crippen LogP contribution is -2.12. The summed E-state index contributed by atoms with van der Waals surface area (Å²) in [7, 11) is 0. The Morgan fingerprint density at radius 2 is 1.96 bits per heavy atom. The van der Waals surface area contributed by atoms with Crippen molar-refractivity contribution in [1.82, 2.24) is 0 Å². The number of carboxylic acid groups (broad SMARTS) is 1. The third-order valence-corrected chi connectivity index (χ3v) is 5.27. The number of halogens is 3. The molecule has 0 spiro atoms. The normalized spacial score (nSPS) is 20.0. The number of hydrogen-bond donors (Lipinski definition) is 1. The van der Waals surface area contributed by atoms with E-state index in [2.05, 4.69) is 0 Å². The minimum atomic E-state index is -2.71. The molecule has 0 heterocycles. The van der Waals surface area contributed by atoms with Gasteiger partial charge in [-0.3, -0.25) is 4.79 Å². The molecule has 3 nitrogen and oxygen atoms in total. The van der Waals surface area contributed by atoms with Crippen LogP contribution >= 0.6 is 0 Å². The Balaban J connectivity index is 1.66. The Hall–Kier alpha value is -1.98. The zero-order valence-electron chi connectivity index (χ0n) is 14.6. The van der Waals surface area contributed by atoms with Crippen LogP contribution in [0.15, 0.2) is 29.3 Å². The Morgan fingerprint density at radius 1 is 1.23 bits per heavy atom. The van der Waals surface area contributed by atoms with Gasteiger partial charge in [-0.2, -0.15) is 0 Å². The van der Waals surface area contributed by atoms with Crippen LogP contribution < -0.4 is 4.74 Å². The average molecular weight is 368 g/mol. The molecular formula is C20H23F3O3. The molecule has 1 N–H and O–H groups in total. The maximum atomic E-state index is 14.0. The molecule has 142 valence electrons. The van der Waals surface area contributed by atoms with Gasteiger partial charge >= 0.3 is 5.97 Å². The van der Waals surface area contributed by atoms with Crippen molar-refractivity contribution in [3.05, 3.63) is 40.7 Å². The van der Waals surface area contributed by atoms with Crippen molar-refractivity contribution in [1.29, 1.82) is 0 Å². The molecule has 0 radical (unpaired) electrons. The second-order valence-corrected chi connectivity index (χ2v) is 7.26. The molecule has 0 amide bonds. The summed E-state index contributed by atoms with van der Waals surface area (Å²) < 4.78 is 47.4. The van der Waals surface area contributed by atoms with E-state index in [0.717, 1.165) is 31.3 Å². The molecule has 2 aliphatic rings. The third kappa shape index (κ3) is 4.59. The van der Waals surface area contributed by atoms with E-state index >= 15 is 0 Å². The number of rotatable bonds is 7. The van der Waals surface area contributed by atoms with Gasteiger partial charge in [-0.25, -0.2) is 13.2 Å². The van der Waals surface area contributed by atoms with Gasteiger partial charge in [-0.05, 0) is 42.4 Å². The van der Waals surface area contributed by atoms with Gasteiger partial charge in [0.05, 0.1) is 0 Å². The molecule has 26 heavy (non-hydrogen) atoms. The predicted octanol–water partition coefficient (Wildman–Crippen LogP) is 5.14. The monoisotopic (exact) mass is 368 g/mol. The SMILES string of the molecule is O=C(O)CCc1ccc(OCC2=C(C3CCCC3)CC(F)(F)C2)cc1F. The van der Waals surface area contributed by atoms with E-state index in [9.17, 15) is 18.0 Å². The summed E-state index contributed by atoms with van der Waals surface area (Å²) in [6.45, 7) is 0.0509. The highest BCUT2D eigenvalue weighted by Gasteiger charge is 2.41. The highest BCUT2D eigenvalue weighted by molar-refractivity contribution is 5.67. The minimum absolute atomic E-state index is 0.0509. The third-order valence-electron chi connectivity index (χ3n) is 5.27. The fourth-order valence-corrected chi connectivity index (χ4v) is 3.98. The van der Waals surface area contributed by atoms with E-state index in [0.29, 0.717) is 11.1 Å². The topological polar surface area (TPSA) is 46.5 Å². The van der Waals surface area contributed by atoms with Crippen LogP contribution in [0.3, 0.4) is 0 Å². The van der Waals surface area contributed by atoms with Crippen LogP contribution in [0.4, 0.5) is 13.2 Å². The lowest BCUT2D eigenvalue weighted by atomic mass is 9.94. The van der Waals surface area contributed by atoms with Crippen molar-refractivity contribution < 1.29 is 27.8 Å². The first-order valence-electron chi connectivity index (χ1n) is 9.06. The van der Waals surface area contributed by atoms with Gasteiger partial charge < -0.3 is 9.84 Å². The Labute approximate surface area is 150 Å². The van der Waals surface area contributed by atoms with E-state index in [1.165, 1.54) is 12.1 Å². The summed E-state index contributed by atoms with van der Waals surface area (Å²) >= 11 is 0. The first-order valence-corrected chi connectivity index (χ1v) is 9.06. The smallest absolute Gasteiger partial charge is 0.303 e. The fraction of sp³-hybridized carbons (Fsp3) is 0.550. The molecule has 0 unspecified atom stereocenters. The molecule has 0 saturated heterocycles. The standard InChI is InChI=1S/C20H23F3O3/c21-18-9-16(7-5-14(18)6-8-19(24)25)26-12-15-10-20(22,23)11-17(15)13-3-1-2-4-13/h5,7,9,13H,1-4,6,8,10-12H2,(H,24,25). The van der Waals surface area contributed by atoms with Crippen LogP contribution in [0.2, 0.25) is 0 Å². The van der Waals surface area contributed by atoms with Crippen LogP contribution in [0.1, 0.15) is 50.5 Å². The molecule has 0 bridgehead atoms. The molecule has 2 aliphatic carbocycles. The Morgan fingerprint density at radius 3 is 2.62 bits per heavy atom. The van der Waals surface area contributed by atoms with E-state index in [4.69, 9.17) is 9.84 Å². The average Bonchev–Trinajstić information content (AvgIpc) is 3.19. The van der Waals surface area contributed by atoms with Crippen molar-refractivity contribution in [2.45, 2.75) is 57.3 Å². The Kier molecular flexibility index (Phi) is 5.58. The fourth-order valence-electron chi connectivity index (χ4n) is 3.98. The number of benzene rings is 1. The number of carbonyl (C=O) groups is 1. The van der Waals surface area contributed by atoms with Gasteiger partial charge in [0, 0.05) is 25.3 Å². The molecule has 1 aromatic carbocycles. The largest absolute Gasteiger partial charge is 0.489 e. The summed E-state index contributed by atoms with van der Waals surface area (Å²) in [4.78, 5) is 10.6. The highest BCUT2D eigenvalue weighted by atomic mass is 19.3. The molecule has 0 aliphatic heterocycles. The molecule has 0 atom stereocenters. The maximum absolute atomic E-state index is 14.0. The van der Waals surface area contributed by atoms with Gasteiger partial charge in [-0.15, -0.1) is 0 Å². The second kappa shape index (κ2) is 7.72. The van der Waals surface area contributed by atoms with Crippen LogP contribution in [0, 0.1) is 11.7 Å². The van der Waals surface area contributed by atoms with E-state index in [-0.39, 0.29) is 44.0 Å². The summed E-state index contributed by atoms with van der Waals surface area (Å²) in [6.07, 6.45) is 3.57. The van der Waals surface area contributed by atoms with Crippen molar-refractivity contribution in [3.8, 4) is 5.75 Å². The minimum Gasteiger partial charge on any atom is -0.489 e. The highest BCUT2D eigenvalue weighted by Crippen LogP contribution is 2.46. The van der Waals surface area contributed by atoms with Crippen molar-refractivity contribution >= 4 is 5.97 Å². The van der Waals surface area contributed by atoms with Gasteiger partial charge in [0.2, 0.25) is 0 Å². The lowest BCUT2D eigenvalue weighted by molar-refractivity contribution is -0.136. The van der Waals surface area contributed by atoms with Crippen molar-refractivity contribution in [2.24, 2.45) is 5.92 Å². The van der Waals surface area contributed by atoms with Crippen LogP contribution in [0.5, 0.6) is 5.75 Å². The van der Waals surface area contributed by atoms with Gasteiger partial charge in [0.1, 0.15) is 18.2 Å². The molecule has 0 aromatic heterocycles.